The average molecular weight is 199 g/mol. The Hall–Kier alpha value is -0.570. The lowest BCUT2D eigenvalue weighted by Crippen LogP contribution is -2.37. The minimum Gasteiger partial charge on any atom is -0.462 e. The number of hydrogen-bond acceptors (Lipinski definition) is 3. The summed E-state index contributed by atoms with van der Waals surface area (Å²) >= 11 is 0. The van der Waals surface area contributed by atoms with Crippen molar-refractivity contribution in [3.05, 3.63) is 0 Å². The third kappa shape index (κ3) is 2.98. The SMILES string of the molecule is CC(C)(CN)C(=O)OC1CCCCC1. The van der Waals surface area contributed by atoms with E-state index in [0.717, 1.165) is 12.8 Å². The second kappa shape index (κ2) is 4.78. The highest BCUT2D eigenvalue weighted by atomic mass is 16.5. The van der Waals surface area contributed by atoms with E-state index in [-0.39, 0.29) is 12.1 Å². The van der Waals surface area contributed by atoms with Gasteiger partial charge in [-0.3, -0.25) is 4.79 Å². The average Bonchev–Trinajstić information content (AvgIpc) is 2.19. The van der Waals surface area contributed by atoms with Crippen molar-refractivity contribution >= 4 is 5.97 Å². The molecule has 82 valence electrons. The molecule has 0 amide bonds. The van der Waals surface area contributed by atoms with Gasteiger partial charge in [0, 0.05) is 6.54 Å². The number of carbonyl (C=O) groups is 1. The Morgan fingerprint density at radius 1 is 1.36 bits per heavy atom. The van der Waals surface area contributed by atoms with Gasteiger partial charge < -0.3 is 10.5 Å². The summed E-state index contributed by atoms with van der Waals surface area (Å²) in [5.41, 5.74) is 4.98. The molecule has 0 radical (unpaired) electrons. The number of hydrogen-bond donors (Lipinski definition) is 1. The Bertz CT molecular complexity index is 195. The molecule has 0 aromatic rings. The van der Waals surface area contributed by atoms with Crippen LogP contribution in [-0.4, -0.2) is 18.6 Å². The molecule has 1 saturated carbocycles. The number of nitrogens with two attached hydrogens (primary N) is 1. The molecule has 0 aliphatic heterocycles. The lowest BCUT2D eigenvalue weighted by atomic mass is 9.93. The summed E-state index contributed by atoms with van der Waals surface area (Å²) in [6.07, 6.45) is 5.82. The predicted octanol–water partition coefficient (Wildman–Crippen LogP) is 1.85. The first-order chi connectivity index (χ1) is 6.56. The van der Waals surface area contributed by atoms with Gasteiger partial charge in [0.15, 0.2) is 0 Å². The van der Waals surface area contributed by atoms with Crippen molar-refractivity contribution in [2.75, 3.05) is 6.54 Å². The number of rotatable bonds is 3. The van der Waals surface area contributed by atoms with Crippen LogP contribution in [0.25, 0.3) is 0 Å². The van der Waals surface area contributed by atoms with E-state index in [0.29, 0.717) is 6.54 Å². The van der Waals surface area contributed by atoms with E-state index in [9.17, 15) is 4.79 Å². The quantitative estimate of drug-likeness (QED) is 0.706. The third-order valence-electron chi connectivity index (χ3n) is 2.89. The molecule has 0 unspecified atom stereocenters. The Labute approximate surface area is 86.0 Å². The van der Waals surface area contributed by atoms with E-state index in [1.165, 1.54) is 19.3 Å². The van der Waals surface area contributed by atoms with E-state index < -0.39 is 5.41 Å². The van der Waals surface area contributed by atoms with Gasteiger partial charge in [-0.2, -0.15) is 0 Å². The first-order valence-corrected chi connectivity index (χ1v) is 5.47. The van der Waals surface area contributed by atoms with Crippen molar-refractivity contribution in [3.63, 3.8) is 0 Å². The van der Waals surface area contributed by atoms with Crippen LogP contribution in [0.15, 0.2) is 0 Å². The number of carbonyl (C=O) groups excluding carboxylic acids is 1. The molecular weight excluding hydrogens is 178 g/mol. The van der Waals surface area contributed by atoms with Gasteiger partial charge in [0.2, 0.25) is 0 Å². The highest BCUT2D eigenvalue weighted by Crippen LogP contribution is 2.24. The molecule has 0 aromatic carbocycles. The number of ether oxygens (including phenoxy) is 1. The standard InChI is InChI=1S/C11H21NO2/c1-11(2,8-12)10(13)14-9-6-4-3-5-7-9/h9H,3-8,12H2,1-2H3. The first kappa shape index (κ1) is 11.5. The van der Waals surface area contributed by atoms with Crippen molar-refractivity contribution in [1.82, 2.24) is 0 Å². The molecule has 0 aromatic heterocycles. The monoisotopic (exact) mass is 199 g/mol. The summed E-state index contributed by atoms with van der Waals surface area (Å²) in [7, 11) is 0. The fourth-order valence-electron chi connectivity index (χ4n) is 1.58. The maximum atomic E-state index is 11.7. The summed E-state index contributed by atoms with van der Waals surface area (Å²) in [6.45, 7) is 4.01. The normalized spacial score (nSPS) is 19.4. The van der Waals surface area contributed by atoms with Crippen molar-refractivity contribution < 1.29 is 9.53 Å². The molecule has 1 aliphatic rings. The van der Waals surface area contributed by atoms with Crippen molar-refractivity contribution in [3.8, 4) is 0 Å². The summed E-state index contributed by atoms with van der Waals surface area (Å²) < 4.78 is 5.43. The molecule has 14 heavy (non-hydrogen) atoms. The Balaban J connectivity index is 2.39. The maximum absolute atomic E-state index is 11.7. The van der Waals surface area contributed by atoms with Crippen LogP contribution in [0, 0.1) is 5.41 Å². The third-order valence-corrected chi connectivity index (χ3v) is 2.89. The molecule has 0 spiro atoms. The highest BCUT2D eigenvalue weighted by Gasteiger charge is 2.30. The fraction of sp³-hybridized carbons (Fsp3) is 0.909. The van der Waals surface area contributed by atoms with Crippen LogP contribution in [0.5, 0.6) is 0 Å². The van der Waals surface area contributed by atoms with Crippen LogP contribution in [0.4, 0.5) is 0 Å². The van der Waals surface area contributed by atoms with E-state index in [1.807, 2.05) is 13.8 Å². The Kier molecular flexibility index (Phi) is 3.93. The molecule has 1 rings (SSSR count). The van der Waals surface area contributed by atoms with Gasteiger partial charge in [0.1, 0.15) is 6.10 Å². The predicted molar refractivity (Wildman–Crippen MR) is 55.8 cm³/mol. The second-order valence-corrected chi connectivity index (χ2v) is 4.75. The van der Waals surface area contributed by atoms with Crippen molar-refractivity contribution in [2.45, 2.75) is 52.1 Å². The molecule has 2 N–H and O–H groups in total. The van der Waals surface area contributed by atoms with Crippen LogP contribution in [0.2, 0.25) is 0 Å². The van der Waals surface area contributed by atoms with Crippen LogP contribution in [0.3, 0.4) is 0 Å². The summed E-state index contributed by atoms with van der Waals surface area (Å²) in [5.74, 6) is -0.146. The Morgan fingerprint density at radius 2 is 1.93 bits per heavy atom. The van der Waals surface area contributed by atoms with Gasteiger partial charge in [-0.15, -0.1) is 0 Å². The van der Waals surface area contributed by atoms with Crippen molar-refractivity contribution in [1.29, 1.82) is 0 Å². The molecule has 3 nitrogen and oxygen atoms in total. The smallest absolute Gasteiger partial charge is 0.313 e. The maximum Gasteiger partial charge on any atom is 0.313 e. The minimum atomic E-state index is -0.530. The summed E-state index contributed by atoms with van der Waals surface area (Å²) in [6, 6.07) is 0. The zero-order valence-corrected chi connectivity index (χ0v) is 9.21. The lowest BCUT2D eigenvalue weighted by Gasteiger charge is -2.27. The van der Waals surface area contributed by atoms with E-state index in [4.69, 9.17) is 10.5 Å². The molecule has 0 heterocycles. The topological polar surface area (TPSA) is 52.3 Å². The lowest BCUT2D eigenvalue weighted by molar-refractivity contribution is -0.160. The minimum absolute atomic E-state index is 0.141. The molecular formula is C11H21NO2. The molecule has 0 saturated heterocycles. The molecule has 0 bridgehead atoms. The Morgan fingerprint density at radius 3 is 2.43 bits per heavy atom. The molecule has 3 heteroatoms. The van der Waals surface area contributed by atoms with Crippen LogP contribution in [-0.2, 0) is 9.53 Å². The van der Waals surface area contributed by atoms with Crippen LogP contribution >= 0.6 is 0 Å². The summed E-state index contributed by atoms with van der Waals surface area (Å²) in [5, 5.41) is 0. The second-order valence-electron chi connectivity index (χ2n) is 4.75. The van der Waals surface area contributed by atoms with E-state index in [2.05, 4.69) is 0 Å². The summed E-state index contributed by atoms with van der Waals surface area (Å²) in [4.78, 5) is 11.7. The van der Waals surface area contributed by atoms with Gasteiger partial charge in [-0.05, 0) is 39.5 Å². The van der Waals surface area contributed by atoms with Gasteiger partial charge in [-0.25, -0.2) is 0 Å². The van der Waals surface area contributed by atoms with Crippen LogP contribution in [0.1, 0.15) is 46.0 Å². The highest BCUT2D eigenvalue weighted by molar-refractivity contribution is 5.76. The van der Waals surface area contributed by atoms with Gasteiger partial charge in [0.05, 0.1) is 5.41 Å². The van der Waals surface area contributed by atoms with E-state index >= 15 is 0 Å². The van der Waals surface area contributed by atoms with Gasteiger partial charge >= 0.3 is 5.97 Å². The molecule has 1 aliphatic carbocycles. The van der Waals surface area contributed by atoms with E-state index in [1.54, 1.807) is 0 Å². The fourth-order valence-corrected chi connectivity index (χ4v) is 1.58. The van der Waals surface area contributed by atoms with Crippen molar-refractivity contribution in [2.24, 2.45) is 11.1 Å². The first-order valence-electron chi connectivity index (χ1n) is 5.47. The largest absolute Gasteiger partial charge is 0.462 e. The van der Waals surface area contributed by atoms with Gasteiger partial charge in [0.25, 0.3) is 0 Å². The van der Waals surface area contributed by atoms with Crippen LogP contribution < -0.4 is 5.73 Å². The number of esters is 1. The van der Waals surface area contributed by atoms with Gasteiger partial charge in [-0.1, -0.05) is 6.42 Å². The zero-order chi connectivity index (χ0) is 10.6. The molecule has 1 fully saturated rings. The zero-order valence-electron chi connectivity index (χ0n) is 9.21. The molecule has 0 atom stereocenters.